The van der Waals surface area contributed by atoms with Crippen LogP contribution in [0.4, 0.5) is 0 Å². The van der Waals surface area contributed by atoms with E-state index in [1.54, 1.807) is 0 Å². The smallest absolute Gasteiger partial charge is 0.340 e. The summed E-state index contributed by atoms with van der Waals surface area (Å²) in [4.78, 5) is 13.0. The Labute approximate surface area is 156 Å². The predicted molar refractivity (Wildman–Crippen MR) is 105 cm³/mol. The van der Waals surface area contributed by atoms with Gasteiger partial charge in [-0.15, -0.1) is 0 Å². The fourth-order valence-electron chi connectivity index (χ4n) is 4.88. The van der Waals surface area contributed by atoms with E-state index in [9.17, 15) is 4.79 Å². The molecule has 0 aromatic carbocycles. The average molecular weight is 354 g/mol. The first-order valence-electron chi connectivity index (χ1n) is 10.3. The van der Waals surface area contributed by atoms with Crippen LogP contribution in [0.2, 0.25) is 0 Å². The fourth-order valence-corrected chi connectivity index (χ4v) is 4.88. The first-order chi connectivity index (χ1) is 12.5. The van der Waals surface area contributed by atoms with Crippen LogP contribution in [-0.4, -0.2) is 16.5 Å². The maximum atomic E-state index is 13.0. The molecule has 2 atom stereocenters. The molecular weight excluding hydrogens is 322 g/mol. The number of aromatic nitrogens is 1. The minimum absolute atomic E-state index is 0.0495. The van der Waals surface area contributed by atoms with E-state index >= 15 is 0 Å². The molecule has 0 radical (unpaired) electrons. The second-order valence-electron chi connectivity index (χ2n) is 8.93. The summed E-state index contributed by atoms with van der Waals surface area (Å²) in [5, 5.41) is 0. The van der Waals surface area contributed by atoms with Gasteiger partial charge in [0, 0.05) is 11.9 Å². The normalized spacial score (nSPS) is 26.1. The highest BCUT2D eigenvalue weighted by atomic mass is 16.5. The van der Waals surface area contributed by atoms with Crippen LogP contribution in [0.25, 0.3) is 5.52 Å². The molecule has 2 heterocycles. The predicted octanol–water partition coefficient (Wildman–Crippen LogP) is 5.58. The number of nitrogens with zero attached hydrogens (tertiary/aromatic N) is 1. The molecule has 2 aliphatic rings. The molecule has 0 amide bonds. The van der Waals surface area contributed by atoms with E-state index in [0.717, 1.165) is 43.2 Å². The molecule has 0 bridgehead atoms. The monoisotopic (exact) mass is 353 g/mol. The Balaban J connectivity index is 1.58. The van der Waals surface area contributed by atoms with Gasteiger partial charge in [-0.2, -0.15) is 0 Å². The Morgan fingerprint density at radius 3 is 2.88 bits per heavy atom. The molecular formula is C23H31NO2. The molecule has 26 heavy (non-hydrogen) atoms. The van der Waals surface area contributed by atoms with Crippen molar-refractivity contribution in [2.75, 3.05) is 0 Å². The number of carbonyl (C=O) groups is 1. The van der Waals surface area contributed by atoms with Gasteiger partial charge in [-0.25, -0.2) is 4.79 Å². The number of hydrogen-bond acceptors (Lipinski definition) is 2. The summed E-state index contributed by atoms with van der Waals surface area (Å²) in [7, 11) is 0. The Kier molecular flexibility index (Phi) is 4.58. The lowest BCUT2D eigenvalue weighted by molar-refractivity contribution is -0.00977. The molecule has 140 valence electrons. The quantitative estimate of drug-likeness (QED) is 0.674. The van der Waals surface area contributed by atoms with E-state index in [1.807, 2.05) is 12.1 Å². The van der Waals surface area contributed by atoms with Gasteiger partial charge in [0.2, 0.25) is 0 Å². The van der Waals surface area contributed by atoms with Crippen molar-refractivity contribution in [3.8, 4) is 0 Å². The molecule has 2 aromatic heterocycles. The average Bonchev–Trinajstić information content (AvgIpc) is 3.00. The number of fused-ring (bicyclic) bond motifs is 3. The molecule has 4 rings (SSSR count). The van der Waals surface area contributed by atoms with Crippen molar-refractivity contribution in [3.63, 3.8) is 0 Å². The third-order valence-corrected chi connectivity index (χ3v) is 6.97. The first kappa shape index (κ1) is 17.6. The van der Waals surface area contributed by atoms with Crippen LogP contribution < -0.4 is 0 Å². The first-order valence-corrected chi connectivity index (χ1v) is 10.3. The van der Waals surface area contributed by atoms with Crippen molar-refractivity contribution >= 4 is 11.5 Å². The van der Waals surface area contributed by atoms with Crippen LogP contribution in [-0.2, 0) is 17.6 Å². The molecule has 0 saturated heterocycles. The second kappa shape index (κ2) is 6.75. The van der Waals surface area contributed by atoms with Crippen molar-refractivity contribution < 1.29 is 9.53 Å². The summed E-state index contributed by atoms with van der Waals surface area (Å²) >= 11 is 0. The van der Waals surface area contributed by atoms with E-state index in [-0.39, 0.29) is 17.5 Å². The molecule has 3 heteroatoms. The van der Waals surface area contributed by atoms with Crippen LogP contribution in [0, 0.1) is 11.3 Å². The number of hydrogen-bond donors (Lipinski definition) is 0. The van der Waals surface area contributed by atoms with Crippen LogP contribution in [0.3, 0.4) is 0 Å². The summed E-state index contributed by atoms with van der Waals surface area (Å²) in [6, 6.07) is 6.12. The largest absolute Gasteiger partial charge is 0.459 e. The third-order valence-electron chi connectivity index (χ3n) is 6.97. The van der Waals surface area contributed by atoms with Crippen LogP contribution in [0.5, 0.6) is 0 Å². The molecule has 3 nitrogen and oxygen atoms in total. The Morgan fingerprint density at radius 2 is 2.08 bits per heavy atom. The Hall–Kier alpha value is -1.77. The van der Waals surface area contributed by atoms with Crippen molar-refractivity contribution in [3.05, 3.63) is 41.2 Å². The zero-order valence-corrected chi connectivity index (χ0v) is 16.4. The standard InChI is InChI=1S/C23H31NO2/c1-16(2)23(3)12-6-9-18(15-23)26-22(25)19-10-7-13-24-20-11-5-4-8-17(20)14-21(19)24/h7,10,13-14,16,18H,4-6,8-9,11-12,15H2,1-3H3. The minimum atomic E-state index is -0.150. The molecule has 2 aromatic rings. The Bertz CT molecular complexity index is 819. The number of rotatable bonds is 3. The summed E-state index contributed by atoms with van der Waals surface area (Å²) in [5.41, 5.74) is 4.81. The SMILES string of the molecule is CC(C)C1(C)CCCC(OC(=O)c2cccn3c4c(cc23)CCCC4)C1. The zero-order valence-electron chi connectivity index (χ0n) is 16.4. The van der Waals surface area contributed by atoms with Crippen molar-refractivity contribution in [2.45, 2.75) is 78.2 Å². The van der Waals surface area contributed by atoms with Gasteiger partial charge in [0.1, 0.15) is 6.10 Å². The highest BCUT2D eigenvalue weighted by molar-refractivity contribution is 5.97. The fraction of sp³-hybridized carbons (Fsp3) is 0.609. The van der Waals surface area contributed by atoms with Crippen LogP contribution in [0.15, 0.2) is 24.4 Å². The maximum Gasteiger partial charge on any atom is 0.340 e. The van der Waals surface area contributed by atoms with Gasteiger partial charge < -0.3 is 9.14 Å². The maximum absolute atomic E-state index is 13.0. The second-order valence-corrected chi connectivity index (χ2v) is 8.93. The lowest BCUT2D eigenvalue weighted by Gasteiger charge is -2.40. The van der Waals surface area contributed by atoms with Crippen molar-refractivity contribution in [1.29, 1.82) is 0 Å². The van der Waals surface area contributed by atoms with Crippen molar-refractivity contribution in [2.24, 2.45) is 11.3 Å². The topological polar surface area (TPSA) is 30.7 Å². The van der Waals surface area contributed by atoms with E-state index < -0.39 is 0 Å². The third kappa shape index (κ3) is 3.06. The highest BCUT2D eigenvalue weighted by Crippen LogP contribution is 2.43. The summed E-state index contributed by atoms with van der Waals surface area (Å²) < 4.78 is 8.22. The molecule has 0 spiro atoms. The van der Waals surface area contributed by atoms with Gasteiger partial charge in [-0.05, 0) is 86.5 Å². The lowest BCUT2D eigenvalue weighted by atomic mass is 9.67. The van der Waals surface area contributed by atoms with E-state index in [2.05, 4.69) is 37.4 Å². The van der Waals surface area contributed by atoms with E-state index in [1.165, 1.54) is 30.5 Å². The van der Waals surface area contributed by atoms with Gasteiger partial charge in [-0.3, -0.25) is 0 Å². The molecule has 0 N–H and O–H groups in total. The number of ether oxygens (including phenoxy) is 1. The number of esters is 1. The van der Waals surface area contributed by atoms with Crippen LogP contribution in [0.1, 0.15) is 80.9 Å². The lowest BCUT2D eigenvalue weighted by Crippen LogP contribution is -2.35. The molecule has 0 aliphatic heterocycles. The van der Waals surface area contributed by atoms with Gasteiger partial charge in [-0.1, -0.05) is 20.8 Å². The highest BCUT2D eigenvalue weighted by Gasteiger charge is 2.36. The van der Waals surface area contributed by atoms with E-state index in [0.29, 0.717) is 5.92 Å². The Morgan fingerprint density at radius 1 is 1.27 bits per heavy atom. The minimum Gasteiger partial charge on any atom is -0.459 e. The number of pyridine rings is 1. The van der Waals surface area contributed by atoms with Crippen molar-refractivity contribution in [1.82, 2.24) is 4.40 Å². The summed E-state index contributed by atoms with van der Waals surface area (Å²) in [5.74, 6) is 0.466. The molecule has 2 unspecified atom stereocenters. The summed E-state index contributed by atoms with van der Waals surface area (Å²) in [6.07, 6.45) is 11.2. The number of carbonyl (C=O) groups excluding carboxylic acids is 1. The molecule has 1 fully saturated rings. The van der Waals surface area contributed by atoms with Crippen LogP contribution >= 0.6 is 0 Å². The number of aryl methyl sites for hydroxylation is 2. The van der Waals surface area contributed by atoms with Gasteiger partial charge in [0.15, 0.2) is 0 Å². The summed E-state index contributed by atoms with van der Waals surface area (Å²) in [6.45, 7) is 6.92. The van der Waals surface area contributed by atoms with E-state index in [4.69, 9.17) is 4.74 Å². The van der Waals surface area contributed by atoms with Gasteiger partial charge >= 0.3 is 5.97 Å². The van der Waals surface area contributed by atoms with Gasteiger partial charge in [0.25, 0.3) is 0 Å². The molecule has 2 aliphatic carbocycles. The molecule has 1 saturated carbocycles. The van der Waals surface area contributed by atoms with Gasteiger partial charge in [0.05, 0.1) is 11.1 Å². The zero-order chi connectivity index (χ0) is 18.3.